The van der Waals surface area contributed by atoms with Gasteiger partial charge in [0.05, 0.1) is 24.9 Å². The lowest BCUT2D eigenvalue weighted by Gasteiger charge is -2.34. The van der Waals surface area contributed by atoms with E-state index in [0.29, 0.717) is 19.3 Å². The molecule has 0 aliphatic carbocycles. The van der Waals surface area contributed by atoms with Crippen LogP contribution in [0.1, 0.15) is 10.9 Å². The molecule has 2 aromatic rings. The maximum Gasteiger partial charge on any atom is 0.313 e. The van der Waals surface area contributed by atoms with Crippen LogP contribution in [0.5, 0.6) is 0 Å². The van der Waals surface area contributed by atoms with Crippen LogP contribution in [0.2, 0.25) is 0 Å². The third-order valence-electron chi connectivity index (χ3n) is 4.20. The van der Waals surface area contributed by atoms with Gasteiger partial charge < -0.3 is 15.4 Å². The van der Waals surface area contributed by atoms with E-state index in [1.807, 2.05) is 17.5 Å². The number of carbonyl (C=O) groups excluding carboxylic acids is 2. The molecule has 1 aromatic carbocycles. The summed E-state index contributed by atoms with van der Waals surface area (Å²) in [5.74, 6) is -3.60. The molecule has 144 valence electrons. The minimum Gasteiger partial charge on any atom is -0.379 e. The maximum absolute atomic E-state index is 13.6. The van der Waals surface area contributed by atoms with Crippen LogP contribution in [0, 0.1) is 11.6 Å². The molecule has 1 saturated heterocycles. The van der Waals surface area contributed by atoms with Gasteiger partial charge in [0.25, 0.3) is 0 Å². The Hall–Kier alpha value is -2.36. The van der Waals surface area contributed by atoms with Gasteiger partial charge in [-0.1, -0.05) is 6.07 Å². The predicted molar refractivity (Wildman–Crippen MR) is 97.4 cm³/mol. The van der Waals surface area contributed by atoms with E-state index in [1.165, 1.54) is 0 Å². The summed E-state index contributed by atoms with van der Waals surface area (Å²) in [6, 6.07) is 6.54. The van der Waals surface area contributed by atoms with Crippen LogP contribution in [-0.4, -0.2) is 49.6 Å². The molecule has 2 amide bonds. The highest BCUT2D eigenvalue weighted by atomic mass is 32.1. The number of nitrogens with zero attached hydrogens (tertiary/aromatic N) is 1. The molecule has 0 bridgehead atoms. The first-order chi connectivity index (χ1) is 13.0. The zero-order valence-corrected chi connectivity index (χ0v) is 15.2. The molecule has 0 saturated carbocycles. The second kappa shape index (κ2) is 9.03. The third kappa shape index (κ3) is 5.09. The van der Waals surface area contributed by atoms with Crippen molar-refractivity contribution >= 4 is 28.8 Å². The van der Waals surface area contributed by atoms with Gasteiger partial charge in [0.1, 0.15) is 11.6 Å². The molecule has 27 heavy (non-hydrogen) atoms. The van der Waals surface area contributed by atoms with Gasteiger partial charge in [0, 0.05) is 30.6 Å². The van der Waals surface area contributed by atoms with Crippen LogP contribution in [0.3, 0.4) is 0 Å². The van der Waals surface area contributed by atoms with Crippen molar-refractivity contribution in [1.82, 2.24) is 10.2 Å². The Morgan fingerprint density at radius 1 is 1.19 bits per heavy atom. The molecule has 2 N–H and O–H groups in total. The predicted octanol–water partition coefficient (Wildman–Crippen LogP) is 2.15. The Morgan fingerprint density at radius 2 is 1.96 bits per heavy atom. The Bertz CT molecular complexity index is 795. The topological polar surface area (TPSA) is 70.7 Å². The molecule has 2 heterocycles. The molecule has 1 atom stereocenters. The summed E-state index contributed by atoms with van der Waals surface area (Å²) in [6.45, 7) is 2.91. The van der Waals surface area contributed by atoms with Crippen LogP contribution >= 0.6 is 11.3 Å². The van der Waals surface area contributed by atoms with Gasteiger partial charge >= 0.3 is 11.8 Å². The summed E-state index contributed by atoms with van der Waals surface area (Å²) < 4.78 is 31.9. The molecule has 1 aliphatic rings. The zero-order valence-electron chi connectivity index (χ0n) is 14.4. The van der Waals surface area contributed by atoms with E-state index < -0.39 is 23.4 Å². The highest BCUT2D eigenvalue weighted by molar-refractivity contribution is 7.10. The summed E-state index contributed by atoms with van der Waals surface area (Å²) in [7, 11) is 0. The standard InChI is InChI=1S/C18H19F2N3O3S/c19-12-3-4-14(13(20)10-12)22-18(25)17(24)21-11-15(16-2-1-9-27-16)23-5-7-26-8-6-23/h1-4,9-10,15H,5-8,11H2,(H,21,24)(H,22,25)/t15-/m0/s1. The fraction of sp³-hybridized carbons (Fsp3) is 0.333. The van der Waals surface area contributed by atoms with Crippen LogP contribution in [-0.2, 0) is 14.3 Å². The molecular weight excluding hydrogens is 376 g/mol. The minimum atomic E-state index is -1.01. The van der Waals surface area contributed by atoms with Gasteiger partial charge in [-0.15, -0.1) is 11.3 Å². The van der Waals surface area contributed by atoms with Crippen molar-refractivity contribution in [3.63, 3.8) is 0 Å². The first-order valence-electron chi connectivity index (χ1n) is 8.44. The number of hydrogen-bond donors (Lipinski definition) is 2. The van der Waals surface area contributed by atoms with E-state index in [9.17, 15) is 18.4 Å². The van der Waals surface area contributed by atoms with E-state index in [-0.39, 0.29) is 18.3 Å². The number of anilines is 1. The molecule has 9 heteroatoms. The van der Waals surface area contributed by atoms with Gasteiger partial charge in [0.2, 0.25) is 0 Å². The van der Waals surface area contributed by atoms with Crippen LogP contribution in [0.25, 0.3) is 0 Å². The third-order valence-corrected chi connectivity index (χ3v) is 5.17. The number of morpholine rings is 1. The SMILES string of the molecule is O=C(NC[C@@H](c1cccs1)N1CCOCC1)C(=O)Nc1ccc(F)cc1F. The van der Waals surface area contributed by atoms with Gasteiger partial charge in [-0.25, -0.2) is 8.78 Å². The summed E-state index contributed by atoms with van der Waals surface area (Å²) in [6.07, 6.45) is 0. The van der Waals surface area contributed by atoms with Crippen molar-refractivity contribution in [2.75, 3.05) is 38.2 Å². The number of benzene rings is 1. The average Bonchev–Trinajstić information content (AvgIpc) is 3.19. The number of halogens is 2. The fourth-order valence-electron chi connectivity index (χ4n) is 2.82. The highest BCUT2D eigenvalue weighted by Crippen LogP contribution is 2.25. The molecule has 1 aliphatic heterocycles. The van der Waals surface area contributed by atoms with Crippen LogP contribution in [0.4, 0.5) is 14.5 Å². The van der Waals surface area contributed by atoms with E-state index in [0.717, 1.165) is 30.1 Å². The number of ether oxygens (including phenoxy) is 1. The smallest absolute Gasteiger partial charge is 0.313 e. The maximum atomic E-state index is 13.6. The lowest BCUT2D eigenvalue weighted by atomic mass is 10.2. The van der Waals surface area contributed by atoms with E-state index in [1.54, 1.807) is 11.3 Å². The van der Waals surface area contributed by atoms with Crippen molar-refractivity contribution < 1.29 is 23.1 Å². The van der Waals surface area contributed by atoms with E-state index in [2.05, 4.69) is 15.5 Å². The Balaban J connectivity index is 1.60. The van der Waals surface area contributed by atoms with E-state index in [4.69, 9.17) is 4.74 Å². The number of rotatable bonds is 5. The summed E-state index contributed by atoms with van der Waals surface area (Å²) in [5, 5.41) is 6.70. The first-order valence-corrected chi connectivity index (χ1v) is 9.32. The van der Waals surface area contributed by atoms with Crippen molar-refractivity contribution in [2.45, 2.75) is 6.04 Å². The number of carbonyl (C=O) groups is 2. The monoisotopic (exact) mass is 395 g/mol. The van der Waals surface area contributed by atoms with Crippen LogP contribution < -0.4 is 10.6 Å². The lowest BCUT2D eigenvalue weighted by Crippen LogP contribution is -2.45. The quantitative estimate of drug-likeness (QED) is 0.762. The molecule has 1 fully saturated rings. The van der Waals surface area contributed by atoms with Crippen molar-refractivity contribution in [1.29, 1.82) is 0 Å². The summed E-state index contributed by atoms with van der Waals surface area (Å²) >= 11 is 1.57. The molecular formula is C18H19F2N3O3S. The fourth-order valence-corrected chi connectivity index (χ4v) is 3.68. The van der Waals surface area contributed by atoms with Crippen molar-refractivity contribution in [2.24, 2.45) is 0 Å². The first kappa shape index (κ1) is 19.4. The Morgan fingerprint density at radius 3 is 2.63 bits per heavy atom. The largest absolute Gasteiger partial charge is 0.379 e. The molecule has 1 aromatic heterocycles. The molecule has 3 rings (SSSR count). The summed E-state index contributed by atoms with van der Waals surface area (Å²) in [4.78, 5) is 27.4. The zero-order chi connectivity index (χ0) is 19.2. The normalized spacial score (nSPS) is 15.9. The van der Waals surface area contributed by atoms with E-state index >= 15 is 0 Å². The number of hydrogen-bond acceptors (Lipinski definition) is 5. The van der Waals surface area contributed by atoms with Gasteiger partial charge in [-0.3, -0.25) is 14.5 Å². The molecule has 0 unspecified atom stereocenters. The highest BCUT2D eigenvalue weighted by Gasteiger charge is 2.25. The average molecular weight is 395 g/mol. The molecule has 0 spiro atoms. The van der Waals surface area contributed by atoms with Gasteiger partial charge in [-0.05, 0) is 23.6 Å². The van der Waals surface area contributed by atoms with Crippen molar-refractivity contribution in [3.05, 3.63) is 52.2 Å². The molecule has 0 radical (unpaired) electrons. The second-order valence-electron chi connectivity index (χ2n) is 5.97. The number of thiophene rings is 1. The Labute approximate surface area is 159 Å². The molecule has 6 nitrogen and oxygen atoms in total. The number of nitrogens with one attached hydrogen (secondary N) is 2. The van der Waals surface area contributed by atoms with Crippen LogP contribution in [0.15, 0.2) is 35.7 Å². The van der Waals surface area contributed by atoms with Gasteiger partial charge in [0.15, 0.2) is 0 Å². The second-order valence-corrected chi connectivity index (χ2v) is 6.95. The Kier molecular flexibility index (Phi) is 6.49. The van der Waals surface area contributed by atoms with Gasteiger partial charge in [-0.2, -0.15) is 0 Å². The van der Waals surface area contributed by atoms with Crippen molar-refractivity contribution in [3.8, 4) is 0 Å². The minimum absolute atomic E-state index is 0.0757. The number of amides is 2. The lowest BCUT2D eigenvalue weighted by molar-refractivity contribution is -0.136. The summed E-state index contributed by atoms with van der Waals surface area (Å²) in [5.41, 5.74) is -0.250.